The average Bonchev–Trinajstić information content (AvgIpc) is 2.44. The maximum atomic E-state index is 4.82. The van der Waals surface area contributed by atoms with Crippen molar-refractivity contribution >= 4 is 29.9 Å². The number of aliphatic imine (C=N–C) groups is 1. The summed E-state index contributed by atoms with van der Waals surface area (Å²) in [4.78, 5) is 7.25. The molecule has 0 spiro atoms. The predicted octanol–water partition coefficient (Wildman–Crippen LogP) is 3.72. The molecule has 23 heavy (non-hydrogen) atoms. The maximum absolute atomic E-state index is 4.82. The van der Waals surface area contributed by atoms with Crippen LogP contribution in [0, 0.1) is 11.8 Å². The van der Waals surface area contributed by atoms with Crippen molar-refractivity contribution in [2.75, 3.05) is 33.2 Å². The summed E-state index contributed by atoms with van der Waals surface area (Å²) in [7, 11) is 2.22. The number of likely N-dealkylation sites (tertiary alicyclic amines) is 1. The van der Waals surface area contributed by atoms with E-state index in [1.807, 2.05) is 0 Å². The second-order valence-corrected chi connectivity index (χ2v) is 7.36. The minimum atomic E-state index is 0. The highest BCUT2D eigenvalue weighted by atomic mass is 127. The van der Waals surface area contributed by atoms with Crippen molar-refractivity contribution in [3.63, 3.8) is 0 Å². The van der Waals surface area contributed by atoms with Gasteiger partial charge in [-0.05, 0) is 58.5 Å². The van der Waals surface area contributed by atoms with Gasteiger partial charge in [0.25, 0.3) is 0 Å². The first-order valence-electron chi connectivity index (χ1n) is 9.24. The topological polar surface area (TPSA) is 39.7 Å². The van der Waals surface area contributed by atoms with Crippen molar-refractivity contribution in [1.29, 1.82) is 0 Å². The Kier molecular flexibility index (Phi) is 13.3. The van der Waals surface area contributed by atoms with Crippen molar-refractivity contribution in [3.8, 4) is 0 Å². The van der Waals surface area contributed by atoms with Gasteiger partial charge in [-0.1, -0.05) is 26.7 Å². The number of piperidine rings is 1. The highest BCUT2D eigenvalue weighted by Crippen LogP contribution is 2.15. The number of hydrogen-bond acceptors (Lipinski definition) is 2. The molecule has 1 aliphatic heterocycles. The summed E-state index contributed by atoms with van der Waals surface area (Å²) in [6, 6.07) is 0.491. The normalized spacial score (nSPS) is 21.0. The first-order chi connectivity index (χ1) is 10.5. The van der Waals surface area contributed by atoms with Crippen molar-refractivity contribution < 1.29 is 0 Å². The molecule has 4 nitrogen and oxygen atoms in total. The van der Waals surface area contributed by atoms with Gasteiger partial charge in [-0.3, -0.25) is 4.99 Å². The lowest BCUT2D eigenvalue weighted by atomic mass is 9.99. The van der Waals surface area contributed by atoms with E-state index in [-0.39, 0.29) is 24.0 Å². The average molecular weight is 438 g/mol. The number of nitrogens with one attached hydrogen (secondary N) is 2. The third-order valence-corrected chi connectivity index (χ3v) is 4.38. The van der Waals surface area contributed by atoms with E-state index in [9.17, 15) is 0 Å². The van der Waals surface area contributed by atoms with E-state index < -0.39 is 0 Å². The Bertz CT molecular complexity index is 320. The van der Waals surface area contributed by atoms with Crippen LogP contribution in [-0.4, -0.2) is 50.1 Å². The third kappa shape index (κ3) is 11.2. The molecule has 0 saturated carbocycles. The van der Waals surface area contributed by atoms with Crippen LogP contribution in [0.1, 0.15) is 59.8 Å². The van der Waals surface area contributed by atoms with Gasteiger partial charge in [0, 0.05) is 25.7 Å². The van der Waals surface area contributed by atoms with Crippen molar-refractivity contribution in [2.24, 2.45) is 16.8 Å². The number of guanidine groups is 1. The molecule has 1 aliphatic rings. The first-order valence-corrected chi connectivity index (χ1v) is 9.24. The fourth-order valence-corrected chi connectivity index (χ4v) is 3.10. The Morgan fingerprint density at radius 2 is 2.00 bits per heavy atom. The van der Waals surface area contributed by atoms with Gasteiger partial charge in [-0.15, -0.1) is 24.0 Å². The van der Waals surface area contributed by atoms with E-state index in [1.54, 1.807) is 0 Å². The summed E-state index contributed by atoms with van der Waals surface area (Å²) in [6.07, 6.45) is 6.45. The summed E-state index contributed by atoms with van der Waals surface area (Å²) in [5.41, 5.74) is 0. The van der Waals surface area contributed by atoms with Gasteiger partial charge >= 0.3 is 0 Å². The summed E-state index contributed by atoms with van der Waals surface area (Å²) < 4.78 is 0. The van der Waals surface area contributed by atoms with E-state index in [4.69, 9.17) is 4.99 Å². The van der Waals surface area contributed by atoms with Gasteiger partial charge in [0.1, 0.15) is 0 Å². The lowest BCUT2D eigenvalue weighted by molar-refractivity contribution is 0.214. The van der Waals surface area contributed by atoms with Gasteiger partial charge in [0.05, 0.1) is 0 Å². The molecular weight excluding hydrogens is 399 g/mol. The molecule has 0 amide bonds. The van der Waals surface area contributed by atoms with Gasteiger partial charge in [-0.2, -0.15) is 0 Å². The molecule has 5 heteroatoms. The molecule has 0 aromatic carbocycles. The molecule has 0 aliphatic carbocycles. The molecule has 0 aromatic rings. The molecule has 0 radical (unpaired) electrons. The van der Waals surface area contributed by atoms with Crippen molar-refractivity contribution in [1.82, 2.24) is 15.5 Å². The van der Waals surface area contributed by atoms with Crippen LogP contribution in [0.3, 0.4) is 0 Å². The molecule has 1 saturated heterocycles. The summed E-state index contributed by atoms with van der Waals surface area (Å²) in [6.45, 7) is 13.3. The predicted molar refractivity (Wildman–Crippen MR) is 113 cm³/mol. The van der Waals surface area contributed by atoms with Crippen molar-refractivity contribution in [3.05, 3.63) is 0 Å². The van der Waals surface area contributed by atoms with Crippen LogP contribution in [-0.2, 0) is 0 Å². The van der Waals surface area contributed by atoms with Crippen molar-refractivity contribution in [2.45, 2.75) is 65.8 Å². The zero-order valence-electron chi connectivity index (χ0n) is 15.9. The fraction of sp³-hybridized carbons (Fsp3) is 0.944. The summed E-state index contributed by atoms with van der Waals surface area (Å²) in [5.74, 6) is 2.51. The van der Waals surface area contributed by atoms with E-state index >= 15 is 0 Å². The van der Waals surface area contributed by atoms with Crippen LogP contribution < -0.4 is 10.6 Å². The summed E-state index contributed by atoms with van der Waals surface area (Å²) in [5, 5.41) is 6.96. The highest BCUT2D eigenvalue weighted by molar-refractivity contribution is 14.0. The highest BCUT2D eigenvalue weighted by Gasteiger charge is 2.17. The molecule has 0 bridgehead atoms. The second-order valence-electron chi connectivity index (χ2n) is 7.36. The van der Waals surface area contributed by atoms with Crippen LogP contribution in [0.4, 0.5) is 0 Å². The van der Waals surface area contributed by atoms with E-state index in [1.165, 1.54) is 45.2 Å². The lowest BCUT2D eigenvalue weighted by Gasteiger charge is -2.29. The number of nitrogens with zero attached hydrogens (tertiary/aromatic N) is 2. The zero-order valence-corrected chi connectivity index (χ0v) is 18.2. The molecule has 2 unspecified atom stereocenters. The third-order valence-electron chi connectivity index (χ3n) is 4.38. The van der Waals surface area contributed by atoms with Crippen LogP contribution in [0.2, 0.25) is 0 Å². The number of halogens is 1. The Morgan fingerprint density at radius 3 is 2.61 bits per heavy atom. The fourth-order valence-electron chi connectivity index (χ4n) is 3.10. The molecule has 1 fully saturated rings. The summed E-state index contributed by atoms with van der Waals surface area (Å²) >= 11 is 0. The van der Waals surface area contributed by atoms with E-state index in [0.29, 0.717) is 12.0 Å². The monoisotopic (exact) mass is 438 g/mol. The zero-order chi connectivity index (χ0) is 16.4. The number of hydrogen-bond donors (Lipinski definition) is 2. The largest absolute Gasteiger partial charge is 0.357 e. The molecule has 138 valence electrons. The lowest BCUT2D eigenvalue weighted by Crippen LogP contribution is -2.43. The van der Waals surface area contributed by atoms with E-state index in [2.05, 4.69) is 50.3 Å². The second kappa shape index (κ2) is 13.3. The Morgan fingerprint density at radius 1 is 1.26 bits per heavy atom. The van der Waals surface area contributed by atoms with Crippen LogP contribution in [0.15, 0.2) is 4.99 Å². The molecule has 1 rings (SSSR count). The van der Waals surface area contributed by atoms with Gasteiger partial charge in [0.15, 0.2) is 5.96 Å². The molecule has 2 N–H and O–H groups in total. The minimum Gasteiger partial charge on any atom is -0.357 e. The Balaban J connectivity index is 0.00000484. The van der Waals surface area contributed by atoms with Gasteiger partial charge in [-0.25, -0.2) is 0 Å². The Hall–Kier alpha value is -0.0400. The van der Waals surface area contributed by atoms with Crippen LogP contribution >= 0.6 is 24.0 Å². The first kappa shape index (κ1) is 23.0. The molecule has 0 aromatic heterocycles. The molecular formula is C18H39IN4. The van der Waals surface area contributed by atoms with E-state index in [0.717, 1.165) is 25.0 Å². The van der Waals surface area contributed by atoms with Crippen LogP contribution in [0.25, 0.3) is 0 Å². The quantitative estimate of drug-likeness (QED) is 0.345. The molecule has 2 atom stereocenters. The smallest absolute Gasteiger partial charge is 0.191 e. The Labute approximate surface area is 161 Å². The van der Waals surface area contributed by atoms with Gasteiger partial charge in [0.2, 0.25) is 0 Å². The SMILES string of the molecule is CCNC(=NCC1CCCN(C)C1)NC(C)CCCC(C)C.I. The minimum absolute atomic E-state index is 0. The maximum Gasteiger partial charge on any atom is 0.191 e. The van der Waals surface area contributed by atoms with Crippen LogP contribution in [0.5, 0.6) is 0 Å². The standard InChI is InChI=1S/C18H38N4.HI/c1-6-19-18(21-16(4)10-7-9-15(2)3)20-13-17-11-8-12-22(5)14-17;/h15-17H,6-14H2,1-5H3,(H2,19,20,21);1H. The molecule has 1 heterocycles. The van der Waals surface area contributed by atoms with Gasteiger partial charge < -0.3 is 15.5 Å². The number of rotatable bonds is 8.